The van der Waals surface area contributed by atoms with Crippen molar-refractivity contribution in [1.29, 1.82) is 0 Å². The maximum Gasteiger partial charge on any atom is 0.163 e. The van der Waals surface area contributed by atoms with E-state index in [1.165, 1.54) is 5.56 Å². The minimum atomic E-state index is 0.237. The summed E-state index contributed by atoms with van der Waals surface area (Å²) in [6, 6.07) is 26.9. The second-order valence-electron chi connectivity index (χ2n) is 9.33. The third-order valence-corrected chi connectivity index (χ3v) is 8.80. The van der Waals surface area contributed by atoms with Crippen LogP contribution in [-0.2, 0) is 18.2 Å². The lowest BCUT2D eigenvalue weighted by molar-refractivity contribution is 0.0983. The molecular weight excluding hydrogens is 638 g/mol. The number of alkyl halides is 1. The maximum atomic E-state index is 11.9. The molecule has 7 heteroatoms. The molecule has 0 fully saturated rings. The minimum Gasteiger partial charge on any atom is -0.294 e. The molecule has 0 N–H and O–H groups in total. The summed E-state index contributed by atoms with van der Waals surface area (Å²) in [5.74, 6) is 0.789. The van der Waals surface area contributed by atoms with Crippen molar-refractivity contribution < 1.29 is 9.59 Å². The van der Waals surface area contributed by atoms with Crippen LogP contribution in [0.5, 0.6) is 0 Å². The summed E-state index contributed by atoms with van der Waals surface area (Å²) < 4.78 is 0. The van der Waals surface area contributed by atoms with Crippen LogP contribution < -0.4 is 0 Å². The van der Waals surface area contributed by atoms with Gasteiger partial charge in [-0.05, 0) is 65.3 Å². The molecule has 0 aromatic heterocycles. The van der Waals surface area contributed by atoms with Gasteiger partial charge < -0.3 is 0 Å². The zero-order valence-electron chi connectivity index (χ0n) is 20.9. The zero-order chi connectivity index (χ0) is 27.9. The molecule has 6 rings (SSSR count). The Kier molecular flexibility index (Phi) is 10.7. The highest BCUT2D eigenvalue weighted by Crippen LogP contribution is 2.36. The topological polar surface area (TPSA) is 34.1 Å². The molecule has 39 heavy (non-hydrogen) atoms. The van der Waals surface area contributed by atoms with E-state index in [1.807, 2.05) is 78.9 Å². The van der Waals surface area contributed by atoms with Gasteiger partial charge in [0.25, 0.3) is 0 Å². The van der Waals surface area contributed by atoms with Gasteiger partial charge in [0.2, 0.25) is 0 Å². The van der Waals surface area contributed by atoms with Gasteiger partial charge in [-0.3, -0.25) is 9.59 Å². The van der Waals surface area contributed by atoms with E-state index in [0.29, 0.717) is 38.7 Å². The van der Waals surface area contributed by atoms with Gasteiger partial charge in [0.05, 0.1) is 20.1 Å². The average Bonchev–Trinajstić information content (AvgIpc) is 3.48. The molecule has 2 aliphatic carbocycles. The quantitative estimate of drug-likeness (QED) is 0.205. The van der Waals surface area contributed by atoms with E-state index < -0.39 is 0 Å². The summed E-state index contributed by atoms with van der Waals surface area (Å²) in [7, 11) is 0. The van der Waals surface area contributed by atoms with Gasteiger partial charge in [-0.2, -0.15) is 0 Å². The molecule has 0 saturated carbocycles. The number of rotatable bonds is 3. The van der Waals surface area contributed by atoms with Crippen molar-refractivity contribution in [2.45, 2.75) is 36.9 Å². The van der Waals surface area contributed by atoms with Gasteiger partial charge in [0.15, 0.2) is 11.6 Å². The lowest BCUT2D eigenvalue weighted by atomic mass is 9.94. The highest BCUT2D eigenvalue weighted by Gasteiger charge is 2.28. The Morgan fingerprint density at radius 2 is 1.23 bits per heavy atom. The van der Waals surface area contributed by atoms with Gasteiger partial charge in [0.1, 0.15) is 0 Å². The van der Waals surface area contributed by atoms with E-state index in [-0.39, 0.29) is 11.7 Å². The first-order valence-electron chi connectivity index (χ1n) is 12.4. The molecule has 0 aliphatic heterocycles. The van der Waals surface area contributed by atoms with Crippen LogP contribution in [-0.4, -0.2) is 11.6 Å². The van der Waals surface area contributed by atoms with Gasteiger partial charge in [-0.25, -0.2) is 0 Å². The number of benzene rings is 4. The lowest BCUT2D eigenvalue weighted by Crippen LogP contribution is -1.99. The van der Waals surface area contributed by atoms with E-state index in [2.05, 4.69) is 15.9 Å². The summed E-state index contributed by atoms with van der Waals surface area (Å²) in [6.07, 6.45) is 3.05. The first-order valence-corrected chi connectivity index (χ1v) is 15.1. The number of carbonyl (C=O) groups is 2. The van der Waals surface area contributed by atoms with Crippen molar-refractivity contribution in [1.82, 2.24) is 0 Å². The first kappa shape index (κ1) is 29.8. The molecule has 0 saturated heterocycles. The fourth-order valence-corrected chi connectivity index (χ4v) is 5.69. The molecule has 0 amide bonds. The third-order valence-electron chi connectivity index (χ3n) is 6.68. The molecular formula is C32H25BrCl4O2. The van der Waals surface area contributed by atoms with Crippen LogP contribution in [0.25, 0.3) is 0 Å². The average molecular weight is 663 g/mol. The molecule has 2 nitrogen and oxygen atoms in total. The summed E-state index contributed by atoms with van der Waals surface area (Å²) in [5, 5.41) is 3.15. The van der Waals surface area contributed by atoms with E-state index >= 15 is 0 Å². The molecule has 0 heterocycles. The Morgan fingerprint density at radius 1 is 0.641 bits per heavy atom. The Balaban J connectivity index is 0.000000149. The molecule has 0 bridgehead atoms. The van der Waals surface area contributed by atoms with Gasteiger partial charge in [0, 0.05) is 29.3 Å². The standard InChI is InChI=1S/C16H12Cl2O.C9H8O.C7H5BrCl2/c17-14-6-5-10(8-15(14)18)7-11-9-16(19)13-4-2-1-3-12(11)13;10-9-6-5-7-3-1-2-4-8(7)9;8-4-5-1-2-6(9)7(10)3-5/h1-6,8,11H,7,9H2;1-4H,5-6H2;1-3H,4H2. The Labute approximate surface area is 257 Å². The molecule has 4 aromatic carbocycles. The first-order chi connectivity index (χ1) is 18.8. The number of Topliss-reactive ketones (excluding diaryl/α,β-unsaturated/α-hetero) is 2. The van der Waals surface area contributed by atoms with Gasteiger partial charge >= 0.3 is 0 Å². The molecule has 2 aliphatic rings. The van der Waals surface area contributed by atoms with Crippen molar-refractivity contribution in [2.75, 3.05) is 0 Å². The fraction of sp³-hybridized carbons (Fsp3) is 0.188. The number of fused-ring (bicyclic) bond motifs is 2. The van der Waals surface area contributed by atoms with Crippen molar-refractivity contribution in [3.8, 4) is 0 Å². The summed E-state index contributed by atoms with van der Waals surface area (Å²) >= 11 is 26.7. The highest BCUT2D eigenvalue weighted by atomic mass is 79.9. The van der Waals surface area contributed by atoms with E-state index in [1.54, 1.807) is 6.07 Å². The van der Waals surface area contributed by atoms with Crippen molar-refractivity contribution >= 4 is 73.9 Å². The summed E-state index contributed by atoms with van der Waals surface area (Å²) in [4.78, 5) is 23.0. The fourth-order valence-electron chi connectivity index (χ4n) is 4.70. The van der Waals surface area contributed by atoms with Crippen LogP contribution in [0, 0.1) is 0 Å². The van der Waals surface area contributed by atoms with Gasteiger partial charge in [-0.15, -0.1) is 0 Å². The summed E-state index contributed by atoms with van der Waals surface area (Å²) in [6.45, 7) is 0. The predicted molar refractivity (Wildman–Crippen MR) is 166 cm³/mol. The van der Waals surface area contributed by atoms with Gasteiger partial charge in [-0.1, -0.05) is 123 Å². The normalized spacial score (nSPS) is 15.1. The lowest BCUT2D eigenvalue weighted by Gasteiger charge is -2.11. The second kappa shape index (κ2) is 14.0. The number of halogens is 5. The van der Waals surface area contributed by atoms with Crippen molar-refractivity contribution in [3.05, 3.63) is 138 Å². The molecule has 200 valence electrons. The van der Waals surface area contributed by atoms with Crippen LogP contribution >= 0.6 is 62.3 Å². The molecule has 1 unspecified atom stereocenters. The highest BCUT2D eigenvalue weighted by molar-refractivity contribution is 9.08. The molecule has 4 aromatic rings. The number of aryl methyl sites for hydroxylation is 1. The van der Waals surface area contributed by atoms with Crippen LogP contribution in [0.15, 0.2) is 84.9 Å². The largest absolute Gasteiger partial charge is 0.294 e. The number of hydrogen-bond donors (Lipinski definition) is 0. The predicted octanol–water partition coefficient (Wildman–Crippen LogP) is 10.6. The van der Waals surface area contributed by atoms with Crippen LogP contribution in [0.3, 0.4) is 0 Å². The molecule has 0 spiro atoms. The van der Waals surface area contributed by atoms with Crippen LogP contribution in [0.1, 0.15) is 61.7 Å². The maximum absolute atomic E-state index is 11.9. The Morgan fingerprint density at radius 3 is 1.87 bits per heavy atom. The van der Waals surface area contributed by atoms with E-state index in [0.717, 1.165) is 46.0 Å². The van der Waals surface area contributed by atoms with E-state index in [4.69, 9.17) is 46.4 Å². The zero-order valence-corrected chi connectivity index (χ0v) is 25.5. The Bertz CT molecular complexity index is 1500. The van der Waals surface area contributed by atoms with Crippen LogP contribution in [0.4, 0.5) is 0 Å². The van der Waals surface area contributed by atoms with E-state index in [9.17, 15) is 9.59 Å². The number of ketones is 2. The SMILES string of the molecule is Clc1ccc(CBr)cc1Cl.O=C1CC(Cc2ccc(Cl)c(Cl)c2)c2ccccc21.O=C1CCc2ccccc21. The summed E-state index contributed by atoms with van der Waals surface area (Å²) in [5.41, 5.74) is 6.42. The third kappa shape index (κ3) is 7.74. The van der Waals surface area contributed by atoms with Crippen molar-refractivity contribution in [2.24, 2.45) is 0 Å². The Hall–Kier alpha value is -2.14. The minimum absolute atomic E-state index is 0.237. The second-order valence-corrected chi connectivity index (χ2v) is 11.5. The van der Waals surface area contributed by atoms with Crippen molar-refractivity contribution in [3.63, 3.8) is 0 Å². The molecule has 1 atom stereocenters. The number of carbonyl (C=O) groups excluding carboxylic acids is 2. The monoisotopic (exact) mass is 660 g/mol. The van der Waals surface area contributed by atoms with Crippen LogP contribution in [0.2, 0.25) is 20.1 Å². The number of hydrogen-bond acceptors (Lipinski definition) is 2. The molecule has 0 radical (unpaired) electrons. The smallest absolute Gasteiger partial charge is 0.163 e.